The maximum Gasteiger partial charge on any atom is 0.338 e. The van der Waals surface area contributed by atoms with E-state index in [-0.39, 0.29) is 29.7 Å². The van der Waals surface area contributed by atoms with E-state index in [1.54, 1.807) is 120 Å². The molecule has 3 fully saturated rings. The van der Waals surface area contributed by atoms with Gasteiger partial charge in [0.15, 0.2) is 23.8 Å². The van der Waals surface area contributed by atoms with E-state index in [0.29, 0.717) is 11.1 Å². The van der Waals surface area contributed by atoms with Crippen LogP contribution in [0.25, 0.3) is 0 Å². The zero-order chi connectivity index (χ0) is 47.2. The number of nitrogens with one attached hydrogen (secondary N) is 1. The van der Waals surface area contributed by atoms with Crippen molar-refractivity contribution in [2.75, 3.05) is 6.61 Å². The summed E-state index contributed by atoms with van der Waals surface area (Å²) in [5.74, 6) is -5.05. The van der Waals surface area contributed by atoms with Crippen molar-refractivity contribution in [3.8, 4) is 0 Å². The predicted molar refractivity (Wildman–Crippen MR) is 233 cm³/mol. The third-order valence-electron chi connectivity index (χ3n) is 14.0. The van der Waals surface area contributed by atoms with Crippen LogP contribution in [0.3, 0.4) is 0 Å². The molecule has 4 N–H and O–H groups in total. The zero-order valence-electron chi connectivity index (χ0n) is 37.9. The van der Waals surface area contributed by atoms with Crippen LogP contribution >= 0.6 is 0 Å². The van der Waals surface area contributed by atoms with Crippen LogP contribution in [0.15, 0.2) is 102 Å². The fourth-order valence-electron chi connectivity index (χ4n) is 10.8. The minimum atomic E-state index is -2.31. The predicted octanol–water partition coefficient (Wildman–Crippen LogP) is 4.96. The Hall–Kier alpha value is -5.29. The third kappa shape index (κ3) is 8.42. The van der Waals surface area contributed by atoms with E-state index in [1.165, 1.54) is 19.1 Å². The monoisotopic (exact) mass is 897 g/mol. The zero-order valence-corrected chi connectivity index (χ0v) is 37.9. The maximum atomic E-state index is 16.0. The van der Waals surface area contributed by atoms with Crippen molar-refractivity contribution in [2.45, 2.75) is 134 Å². The van der Waals surface area contributed by atoms with Gasteiger partial charge < -0.3 is 49.1 Å². The lowest BCUT2D eigenvalue weighted by Crippen LogP contribution is -2.82. The molecule has 2 unspecified atom stereocenters. The van der Waals surface area contributed by atoms with Gasteiger partial charge in [-0.15, -0.1) is 0 Å². The van der Waals surface area contributed by atoms with E-state index in [4.69, 9.17) is 28.4 Å². The minimum absolute atomic E-state index is 0.0510. The Balaban J connectivity index is 1.41. The summed E-state index contributed by atoms with van der Waals surface area (Å²) >= 11 is 0. The van der Waals surface area contributed by atoms with Crippen molar-refractivity contribution in [2.24, 2.45) is 16.7 Å². The normalized spacial score (nSPS) is 31.7. The number of carbonyl (C=O) groups excluding carboxylic acids is 5. The largest absolute Gasteiger partial charge is 0.455 e. The molecule has 12 atom stereocenters. The molecular formula is C50H59NO14. The quantitative estimate of drug-likeness (QED) is 0.0773. The number of esters is 3. The summed E-state index contributed by atoms with van der Waals surface area (Å²) in [4.78, 5) is 70.4. The lowest BCUT2D eigenvalue weighted by atomic mass is 9.44. The number of carbonyl (C=O) groups is 5. The van der Waals surface area contributed by atoms with Gasteiger partial charge in [-0.25, -0.2) is 4.79 Å². The third-order valence-corrected chi connectivity index (χ3v) is 14.0. The van der Waals surface area contributed by atoms with Crippen molar-refractivity contribution >= 4 is 29.6 Å². The van der Waals surface area contributed by atoms with Crippen LogP contribution in [0, 0.1) is 16.7 Å². The number of aliphatic hydroxyl groups excluding tert-OH is 2. The Morgan fingerprint density at radius 2 is 1.40 bits per heavy atom. The number of fused-ring (bicyclic) bond motifs is 5. The van der Waals surface area contributed by atoms with Gasteiger partial charge in [-0.2, -0.15) is 0 Å². The van der Waals surface area contributed by atoms with Gasteiger partial charge in [0.1, 0.15) is 23.9 Å². The highest BCUT2D eigenvalue weighted by Crippen LogP contribution is 2.65. The molecule has 0 spiro atoms. The molecule has 1 amide bonds. The molecular weight excluding hydrogens is 839 g/mol. The molecule has 1 aliphatic heterocycles. The Morgan fingerprint density at radius 1 is 0.815 bits per heavy atom. The number of amides is 1. The van der Waals surface area contributed by atoms with Crippen LogP contribution in [0.4, 0.5) is 0 Å². The van der Waals surface area contributed by atoms with Crippen molar-refractivity contribution in [1.29, 1.82) is 0 Å². The van der Waals surface area contributed by atoms with Gasteiger partial charge in [0, 0.05) is 37.7 Å². The molecule has 348 valence electrons. The van der Waals surface area contributed by atoms with Gasteiger partial charge in [-0.1, -0.05) is 80.6 Å². The lowest BCUT2D eigenvalue weighted by molar-refractivity contribution is -0.351. The molecule has 3 aromatic rings. The molecule has 7 rings (SSSR count). The molecule has 15 nitrogen and oxygen atoms in total. The topological polar surface area (TPSA) is 213 Å². The van der Waals surface area contributed by atoms with Crippen LogP contribution in [0.2, 0.25) is 0 Å². The first-order valence-corrected chi connectivity index (χ1v) is 22.0. The summed E-state index contributed by atoms with van der Waals surface area (Å²) in [6, 6.07) is 23.6. The molecule has 1 heterocycles. The molecule has 2 saturated carbocycles. The van der Waals surface area contributed by atoms with Gasteiger partial charge >= 0.3 is 17.9 Å². The second kappa shape index (κ2) is 18.2. The van der Waals surface area contributed by atoms with E-state index >= 15 is 4.79 Å². The fraction of sp³-hybridized carbons (Fsp3) is 0.500. The summed E-state index contributed by atoms with van der Waals surface area (Å²) in [7, 11) is 0. The summed E-state index contributed by atoms with van der Waals surface area (Å²) in [5.41, 5.74) is -6.18. The first kappa shape index (κ1) is 47.7. The Labute approximate surface area is 378 Å². The average Bonchev–Trinajstić information content (AvgIpc) is 3.26. The number of hydrogen-bond acceptors (Lipinski definition) is 14. The standard InChI is InChI=1S/C50H59NO14/c1-27(2)61-35-24-36-49(26-60-36,65-30(5)53)41-43(64-45(57)33-22-16-11-17-23-33)50(59)25-34(28(3)37(47(50,6)7)40(62-29(4)52)42(55)48(35,41)8)63-46(58)39(54)38(31-18-12-9-13-19-31)51-44(56)32-20-14-10-15-21-32/h9-23,27,34-36,38-41,43,46,54,58-59H,24-26H2,1-8H3,(H,51,56)/t34-,35-,36+,38-,39+,40+,41?,43-,46?,48+,49-,50+/m0/s1. The van der Waals surface area contributed by atoms with Crippen molar-refractivity contribution in [3.05, 3.63) is 119 Å². The van der Waals surface area contributed by atoms with E-state index in [2.05, 4.69) is 5.32 Å². The lowest BCUT2D eigenvalue weighted by Gasteiger charge is -2.68. The number of ether oxygens (including phenoxy) is 6. The van der Waals surface area contributed by atoms with Crippen LogP contribution < -0.4 is 5.32 Å². The highest BCUT2D eigenvalue weighted by molar-refractivity contribution is 5.96. The summed E-state index contributed by atoms with van der Waals surface area (Å²) < 4.78 is 37.9. The number of aliphatic hydroxyl groups is 3. The molecule has 3 aromatic carbocycles. The van der Waals surface area contributed by atoms with Gasteiger partial charge in [0.05, 0.1) is 47.9 Å². The first-order valence-electron chi connectivity index (χ1n) is 22.0. The number of ketones is 1. The van der Waals surface area contributed by atoms with Gasteiger partial charge in [-0.05, 0) is 68.7 Å². The van der Waals surface area contributed by atoms with Gasteiger partial charge in [0.25, 0.3) is 5.91 Å². The molecule has 1 saturated heterocycles. The fourth-order valence-corrected chi connectivity index (χ4v) is 10.8. The van der Waals surface area contributed by atoms with E-state index in [1.807, 2.05) is 0 Å². The molecule has 65 heavy (non-hydrogen) atoms. The maximum absolute atomic E-state index is 16.0. The molecule has 0 aromatic heterocycles. The number of Topliss-reactive ketones (excluding diaryl/α,β-unsaturated/α-hetero) is 1. The molecule has 3 aliphatic carbocycles. The number of benzene rings is 3. The van der Waals surface area contributed by atoms with Crippen LogP contribution in [0.1, 0.15) is 101 Å². The first-order chi connectivity index (χ1) is 30.7. The molecule has 4 aliphatic rings. The van der Waals surface area contributed by atoms with Gasteiger partial charge in [0.2, 0.25) is 0 Å². The van der Waals surface area contributed by atoms with E-state index in [0.717, 1.165) is 6.92 Å². The molecule has 15 heteroatoms. The van der Waals surface area contributed by atoms with Gasteiger partial charge in [-0.3, -0.25) is 19.2 Å². The van der Waals surface area contributed by atoms with Crippen molar-refractivity contribution in [1.82, 2.24) is 5.32 Å². The summed E-state index contributed by atoms with van der Waals surface area (Å²) in [6.45, 7) is 12.2. The second-order valence-corrected chi connectivity index (χ2v) is 18.6. The second-order valence-electron chi connectivity index (χ2n) is 18.6. The Bertz CT molecular complexity index is 2300. The Morgan fingerprint density at radius 3 is 1.94 bits per heavy atom. The smallest absolute Gasteiger partial charge is 0.338 e. The average molecular weight is 898 g/mol. The van der Waals surface area contributed by atoms with E-state index < -0.39 is 119 Å². The van der Waals surface area contributed by atoms with Crippen LogP contribution in [-0.4, -0.2) is 112 Å². The molecule has 0 radical (unpaired) electrons. The van der Waals surface area contributed by atoms with Crippen molar-refractivity contribution < 1.29 is 67.7 Å². The molecule has 2 bridgehead atoms. The number of hydrogen-bond donors (Lipinski definition) is 4. The highest BCUT2D eigenvalue weighted by Gasteiger charge is 2.78. The van der Waals surface area contributed by atoms with Crippen LogP contribution in [0.5, 0.6) is 0 Å². The summed E-state index contributed by atoms with van der Waals surface area (Å²) in [5, 5.41) is 40.7. The Kier molecular flexibility index (Phi) is 13.3. The number of rotatable bonds is 13. The SMILES string of the molecule is CC(=O)O[C@H]1C(=O)[C@@]2(C)C([C@H](OC(=O)c3ccccc3)[C@]3(O)C[C@H](OC(O)[C@H](O)[C@@H](NC(=O)c4ccccc4)c4ccccc4)C(C)=C1C3(C)C)[C@]1(OC(C)=O)CO[C@@H]1C[C@@H]2OC(C)C. The van der Waals surface area contributed by atoms with Crippen LogP contribution in [-0.2, 0) is 42.8 Å². The highest BCUT2D eigenvalue weighted by atomic mass is 16.6. The van der Waals surface area contributed by atoms with E-state index in [9.17, 15) is 34.5 Å². The summed E-state index contributed by atoms with van der Waals surface area (Å²) in [6.07, 6.45) is -11.5. The minimum Gasteiger partial charge on any atom is -0.455 e. The van der Waals surface area contributed by atoms with Crippen molar-refractivity contribution in [3.63, 3.8) is 0 Å².